The molecule has 0 bridgehead atoms. The number of alkyl halides is 3. The predicted molar refractivity (Wildman–Crippen MR) is 64.3 cm³/mol. The van der Waals surface area contributed by atoms with E-state index in [0.29, 0.717) is 19.4 Å². The van der Waals surface area contributed by atoms with Gasteiger partial charge in [-0.25, -0.2) is 9.97 Å². The SMILES string of the molecule is Cc1cc(C(F)(F)F)nc(N2CCC[C@H](C(=O)O)C2)n1. The molecule has 1 N–H and O–H groups in total. The van der Waals surface area contributed by atoms with E-state index in [1.807, 2.05) is 0 Å². The third-order valence-electron chi connectivity index (χ3n) is 3.19. The Bertz CT molecular complexity index is 519. The Morgan fingerprint density at radius 2 is 2.15 bits per heavy atom. The van der Waals surface area contributed by atoms with Crippen molar-refractivity contribution in [1.29, 1.82) is 0 Å². The second-order valence-electron chi connectivity index (χ2n) is 4.82. The molecule has 0 radical (unpaired) electrons. The molecular formula is C12H14F3N3O2. The normalized spacial score (nSPS) is 20.0. The molecule has 1 saturated heterocycles. The summed E-state index contributed by atoms with van der Waals surface area (Å²) in [6.07, 6.45) is -3.43. The first-order valence-electron chi connectivity index (χ1n) is 6.18. The summed E-state index contributed by atoms with van der Waals surface area (Å²) in [6.45, 7) is 2.06. The third kappa shape index (κ3) is 3.17. The molecule has 0 aromatic carbocycles. The highest BCUT2D eigenvalue weighted by atomic mass is 19.4. The van der Waals surface area contributed by atoms with Crippen molar-refractivity contribution in [2.75, 3.05) is 18.0 Å². The average molecular weight is 289 g/mol. The van der Waals surface area contributed by atoms with E-state index in [9.17, 15) is 18.0 Å². The van der Waals surface area contributed by atoms with E-state index in [4.69, 9.17) is 5.11 Å². The van der Waals surface area contributed by atoms with Crippen molar-refractivity contribution in [3.8, 4) is 0 Å². The molecule has 0 amide bonds. The summed E-state index contributed by atoms with van der Waals surface area (Å²) in [4.78, 5) is 20.0. The summed E-state index contributed by atoms with van der Waals surface area (Å²) in [5.74, 6) is -1.59. The molecule has 2 rings (SSSR count). The number of rotatable bonds is 2. The van der Waals surface area contributed by atoms with Crippen molar-refractivity contribution in [1.82, 2.24) is 9.97 Å². The van der Waals surface area contributed by atoms with Gasteiger partial charge in [0, 0.05) is 18.8 Å². The zero-order chi connectivity index (χ0) is 14.9. The van der Waals surface area contributed by atoms with E-state index in [-0.39, 0.29) is 18.2 Å². The van der Waals surface area contributed by atoms with E-state index in [1.165, 1.54) is 11.8 Å². The lowest BCUT2D eigenvalue weighted by molar-refractivity contribution is -0.142. The van der Waals surface area contributed by atoms with Crippen LogP contribution in [0.3, 0.4) is 0 Å². The fraction of sp³-hybridized carbons (Fsp3) is 0.583. The molecule has 0 spiro atoms. The summed E-state index contributed by atoms with van der Waals surface area (Å²) in [6, 6.07) is 0.877. The maximum Gasteiger partial charge on any atom is 0.433 e. The molecule has 110 valence electrons. The molecule has 8 heteroatoms. The van der Waals surface area contributed by atoms with Gasteiger partial charge < -0.3 is 10.0 Å². The minimum Gasteiger partial charge on any atom is -0.481 e. The lowest BCUT2D eigenvalue weighted by atomic mass is 9.99. The van der Waals surface area contributed by atoms with Crippen molar-refractivity contribution in [2.45, 2.75) is 25.9 Å². The van der Waals surface area contributed by atoms with Gasteiger partial charge in [0.05, 0.1) is 5.92 Å². The molecule has 5 nitrogen and oxygen atoms in total. The number of carboxylic acids is 1. The zero-order valence-electron chi connectivity index (χ0n) is 10.8. The van der Waals surface area contributed by atoms with Crippen molar-refractivity contribution >= 4 is 11.9 Å². The van der Waals surface area contributed by atoms with Crippen LogP contribution in [-0.4, -0.2) is 34.1 Å². The summed E-state index contributed by atoms with van der Waals surface area (Å²) in [5.41, 5.74) is -0.794. The smallest absolute Gasteiger partial charge is 0.433 e. The van der Waals surface area contributed by atoms with E-state index in [0.717, 1.165) is 6.07 Å². The molecule has 0 saturated carbocycles. The number of aromatic nitrogens is 2. The van der Waals surface area contributed by atoms with Gasteiger partial charge in [0.15, 0.2) is 0 Å². The zero-order valence-corrected chi connectivity index (χ0v) is 10.8. The van der Waals surface area contributed by atoms with Crippen molar-refractivity contribution in [3.63, 3.8) is 0 Å². The third-order valence-corrected chi connectivity index (χ3v) is 3.19. The van der Waals surface area contributed by atoms with E-state index >= 15 is 0 Å². The second kappa shape index (κ2) is 5.26. The van der Waals surface area contributed by atoms with E-state index in [1.54, 1.807) is 0 Å². The number of halogens is 3. The number of nitrogens with zero attached hydrogens (tertiary/aromatic N) is 3. The van der Waals surface area contributed by atoms with Crippen LogP contribution in [0.5, 0.6) is 0 Å². The summed E-state index contributed by atoms with van der Waals surface area (Å²) in [5, 5.41) is 8.99. The van der Waals surface area contributed by atoms with Crippen molar-refractivity contribution < 1.29 is 23.1 Å². The second-order valence-corrected chi connectivity index (χ2v) is 4.82. The molecular weight excluding hydrogens is 275 g/mol. The van der Waals surface area contributed by atoms with Gasteiger partial charge in [0.25, 0.3) is 0 Å². The van der Waals surface area contributed by atoms with Gasteiger partial charge >= 0.3 is 12.1 Å². The van der Waals surface area contributed by atoms with Crippen LogP contribution in [0.15, 0.2) is 6.07 Å². The highest BCUT2D eigenvalue weighted by molar-refractivity contribution is 5.71. The molecule has 1 aliphatic heterocycles. The fourth-order valence-electron chi connectivity index (χ4n) is 2.20. The van der Waals surface area contributed by atoms with Crippen molar-refractivity contribution in [3.05, 3.63) is 17.5 Å². The van der Waals surface area contributed by atoms with Gasteiger partial charge in [-0.1, -0.05) is 0 Å². The number of hydrogen-bond acceptors (Lipinski definition) is 4. The van der Waals surface area contributed by atoms with Gasteiger partial charge in [-0.05, 0) is 25.8 Å². The first-order valence-corrected chi connectivity index (χ1v) is 6.18. The molecule has 1 fully saturated rings. The highest BCUT2D eigenvalue weighted by Gasteiger charge is 2.34. The van der Waals surface area contributed by atoms with Crippen LogP contribution < -0.4 is 4.90 Å². The van der Waals surface area contributed by atoms with Gasteiger partial charge in [-0.3, -0.25) is 4.79 Å². The molecule has 1 aliphatic rings. The summed E-state index contributed by atoms with van der Waals surface area (Å²) in [7, 11) is 0. The number of carbonyl (C=O) groups is 1. The Kier molecular flexibility index (Phi) is 3.82. The molecule has 0 aliphatic carbocycles. The fourth-order valence-corrected chi connectivity index (χ4v) is 2.20. The van der Waals surface area contributed by atoms with Crippen LogP contribution in [0.4, 0.5) is 19.1 Å². The number of carboxylic acid groups (broad SMARTS) is 1. The Balaban J connectivity index is 2.28. The number of aryl methyl sites for hydroxylation is 1. The van der Waals surface area contributed by atoms with E-state index < -0.39 is 23.8 Å². The molecule has 1 aromatic heterocycles. The van der Waals surface area contributed by atoms with Crippen LogP contribution >= 0.6 is 0 Å². The molecule has 1 atom stereocenters. The largest absolute Gasteiger partial charge is 0.481 e. The summed E-state index contributed by atoms with van der Waals surface area (Å²) >= 11 is 0. The summed E-state index contributed by atoms with van der Waals surface area (Å²) < 4.78 is 38.2. The maximum absolute atomic E-state index is 12.7. The average Bonchev–Trinajstić information content (AvgIpc) is 2.37. The van der Waals surface area contributed by atoms with Crippen LogP contribution in [0.25, 0.3) is 0 Å². The standard InChI is InChI=1S/C12H14F3N3O2/c1-7-5-9(12(13,14)15)17-11(16-7)18-4-2-3-8(6-18)10(19)20/h5,8H,2-4,6H2,1H3,(H,19,20)/t8-/m0/s1. The number of anilines is 1. The van der Waals surface area contributed by atoms with Crippen LogP contribution in [0.2, 0.25) is 0 Å². The Labute approximate surface area is 113 Å². The molecule has 0 unspecified atom stereocenters. The van der Waals surface area contributed by atoms with Crippen LogP contribution in [0, 0.1) is 12.8 Å². The Morgan fingerprint density at radius 3 is 2.75 bits per heavy atom. The quantitative estimate of drug-likeness (QED) is 0.903. The first-order chi connectivity index (χ1) is 9.27. The molecule has 2 heterocycles. The van der Waals surface area contributed by atoms with Gasteiger partial charge in [-0.2, -0.15) is 13.2 Å². The number of piperidine rings is 1. The molecule has 1 aromatic rings. The van der Waals surface area contributed by atoms with Crippen LogP contribution in [0.1, 0.15) is 24.2 Å². The van der Waals surface area contributed by atoms with Gasteiger partial charge in [-0.15, -0.1) is 0 Å². The predicted octanol–water partition coefficient (Wildman–Crippen LogP) is 2.10. The number of hydrogen-bond donors (Lipinski definition) is 1. The van der Waals surface area contributed by atoms with Gasteiger partial charge in [0.1, 0.15) is 5.69 Å². The Hall–Kier alpha value is -1.86. The van der Waals surface area contributed by atoms with Crippen LogP contribution in [-0.2, 0) is 11.0 Å². The minimum absolute atomic E-state index is 0.0525. The van der Waals surface area contributed by atoms with Gasteiger partial charge in [0.2, 0.25) is 5.95 Å². The minimum atomic E-state index is -4.54. The lowest BCUT2D eigenvalue weighted by Crippen LogP contribution is -2.40. The van der Waals surface area contributed by atoms with Crippen molar-refractivity contribution in [2.24, 2.45) is 5.92 Å². The lowest BCUT2D eigenvalue weighted by Gasteiger charge is -2.31. The Morgan fingerprint density at radius 1 is 1.45 bits per heavy atom. The maximum atomic E-state index is 12.7. The first kappa shape index (κ1) is 14.5. The highest BCUT2D eigenvalue weighted by Crippen LogP contribution is 2.30. The number of aliphatic carboxylic acids is 1. The topological polar surface area (TPSA) is 66.3 Å². The molecule has 20 heavy (non-hydrogen) atoms. The monoisotopic (exact) mass is 289 g/mol. The van der Waals surface area contributed by atoms with E-state index in [2.05, 4.69) is 9.97 Å².